The van der Waals surface area contributed by atoms with Crippen LogP contribution < -0.4 is 5.32 Å². The zero-order valence-corrected chi connectivity index (χ0v) is 14.9. The summed E-state index contributed by atoms with van der Waals surface area (Å²) in [6, 6.07) is 18.9. The van der Waals surface area contributed by atoms with E-state index in [1.54, 1.807) is 22.9 Å². The highest BCUT2D eigenvalue weighted by atomic mass is 16.5. The molecule has 1 amide bonds. The van der Waals surface area contributed by atoms with E-state index in [1.807, 2.05) is 49.4 Å². The van der Waals surface area contributed by atoms with Crippen molar-refractivity contribution in [2.45, 2.75) is 26.0 Å². The minimum atomic E-state index is -0.854. The second-order valence-corrected chi connectivity index (χ2v) is 6.56. The molecule has 4 rings (SSSR count). The molecule has 3 aromatic rings. The summed E-state index contributed by atoms with van der Waals surface area (Å²) in [6.07, 6.45) is -0.493. The van der Waals surface area contributed by atoms with Crippen molar-refractivity contribution in [2.75, 3.05) is 5.32 Å². The standard InChI is InChI=1S/C21H19N3O3/c1-14-11-19(24(23-14)13-15-7-3-2-4-8-15)22-20(25)18-12-16-9-5-6-10-17(16)21(26)27-18/h2-11,18H,12-13H2,1H3,(H,22,25). The molecule has 0 radical (unpaired) electrons. The Balaban J connectivity index is 1.51. The molecule has 1 atom stereocenters. The van der Waals surface area contributed by atoms with Crippen molar-refractivity contribution in [2.24, 2.45) is 0 Å². The first-order valence-corrected chi connectivity index (χ1v) is 8.78. The maximum Gasteiger partial charge on any atom is 0.339 e. The highest BCUT2D eigenvalue weighted by Crippen LogP contribution is 2.22. The molecule has 0 bridgehead atoms. The van der Waals surface area contributed by atoms with Crippen LogP contribution in [0.1, 0.15) is 27.2 Å². The van der Waals surface area contributed by atoms with Crippen LogP contribution in [0.2, 0.25) is 0 Å². The lowest BCUT2D eigenvalue weighted by molar-refractivity contribution is -0.125. The first-order chi connectivity index (χ1) is 13.1. The lowest BCUT2D eigenvalue weighted by Crippen LogP contribution is -2.38. The van der Waals surface area contributed by atoms with Gasteiger partial charge in [-0.25, -0.2) is 9.48 Å². The van der Waals surface area contributed by atoms with Crippen molar-refractivity contribution in [1.82, 2.24) is 9.78 Å². The Bertz CT molecular complexity index is 995. The van der Waals surface area contributed by atoms with Crippen LogP contribution in [-0.4, -0.2) is 27.8 Å². The lowest BCUT2D eigenvalue weighted by Gasteiger charge is -2.23. The normalized spacial score (nSPS) is 15.7. The SMILES string of the molecule is Cc1cc(NC(=O)C2Cc3ccccc3C(=O)O2)n(Cc2ccccc2)n1. The van der Waals surface area contributed by atoms with Gasteiger partial charge in [0.25, 0.3) is 5.91 Å². The van der Waals surface area contributed by atoms with Gasteiger partial charge in [0.15, 0.2) is 6.10 Å². The second-order valence-electron chi connectivity index (χ2n) is 6.56. The van der Waals surface area contributed by atoms with Crippen LogP contribution in [0.15, 0.2) is 60.7 Å². The number of hydrogen-bond donors (Lipinski definition) is 1. The van der Waals surface area contributed by atoms with Crippen LogP contribution in [0.4, 0.5) is 5.82 Å². The van der Waals surface area contributed by atoms with E-state index < -0.39 is 12.1 Å². The van der Waals surface area contributed by atoms with Gasteiger partial charge in [-0.1, -0.05) is 48.5 Å². The second kappa shape index (κ2) is 7.07. The quantitative estimate of drug-likeness (QED) is 0.725. The lowest BCUT2D eigenvalue weighted by atomic mass is 9.98. The molecule has 0 saturated heterocycles. The molecule has 1 aliphatic heterocycles. The van der Waals surface area contributed by atoms with Crippen molar-refractivity contribution in [1.29, 1.82) is 0 Å². The number of carbonyl (C=O) groups is 2. The van der Waals surface area contributed by atoms with Gasteiger partial charge < -0.3 is 10.1 Å². The molecule has 0 saturated carbocycles. The Kier molecular flexibility index (Phi) is 4.46. The summed E-state index contributed by atoms with van der Waals surface area (Å²) in [5.41, 5.74) is 3.22. The maximum atomic E-state index is 12.7. The van der Waals surface area contributed by atoms with Gasteiger partial charge in [-0.3, -0.25) is 4.79 Å². The van der Waals surface area contributed by atoms with E-state index in [2.05, 4.69) is 10.4 Å². The Morgan fingerprint density at radius 1 is 1.19 bits per heavy atom. The van der Waals surface area contributed by atoms with E-state index in [4.69, 9.17) is 4.74 Å². The van der Waals surface area contributed by atoms with Gasteiger partial charge in [-0.05, 0) is 24.1 Å². The van der Waals surface area contributed by atoms with Gasteiger partial charge in [0.2, 0.25) is 0 Å². The summed E-state index contributed by atoms with van der Waals surface area (Å²) in [7, 11) is 0. The van der Waals surface area contributed by atoms with Crippen LogP contribution in [0.25, 0.3) is 0 Å². The van der Waals surface area contributed by atoms with Gasteiger partial charge in [0.05, 0.1) is 17.8 Å². The summed E-state index contributed by atoms with van der Waals surface area (Å²) in [4.78, 5) is 24.9. The molecular weight excluding hydrogens is 342 g/mol. The number of fused-ring (bicyclic) bond motifs is 1. The monoisotopic (exact) mass is 361 g/mol. The minimum absolute atomic E-state index is 0.355. The fourth-order valence-corrected chi connectivity index (χ4v) is 3.21. The third-order valence-corrected chi connectivity index (χ3v) is 4.51. The number of esters is 1. The van der Waals surface area contributed by atoms with Crippen LogP contribution in [-0.2, 0) is 22.5 Å². The minimum Gasteiger partial charge on any atom is -0.448 e. The molecule has 1 unspecified atom stereocenters. The Morgan fingerprint density at radius 2 is 1.93 bits per heavy atom. The molecule has 27 heavy (non-hydrogen) atoms. The molecule has 2 aromatic carbocycles. The van der Waals surface area contributed by atoms with Crippen molar-refractivity contribution in [3.8, 4) is 0 Å². The predicted octanol–water partition coefficient (Wildman–Crippen LogP) is 2.96. The summed E-state index contributed by atoms with van der Waals surface area (Å²) < 4.78 is 7.07. The van der Waals surface area contributed by atoms with E-state index in [-0.39, 0.29) is 5.91 Å². The molecule has 6 nitrogen and oxygen atoms in total. The number of nitrogens with zero attached hydrogens (tertiary/aromatic N) is 2. The molecule has 0 aliphatic carbocycles. The van der Waals surface area contributed by atoms with Gasteiger partial charge in [0.1, 0.15) is 5.82 Å². The molecule has 1 N–H and O–H groups in total. The average molecular weight is 361 g/mol. The number of cyclic esters (lactones) is 1. The molecule has 2 heterocycles. The van der Waals surface area contributed by atoms with E-state index >= 15 is 0 Å². The van der Waals surface area contributed by atoms with Crippen molar-refractivity contribution < 1.29 is 14.3 Å². The molecular formula is C21H19N3O3. The van der Waals surface area contributed by atoms with E-state index in [0.717, 1.165) is 16.8 Å². The number of carbonyl (C=O) groups excluding carboxylic acids is 2. The molecule has 1 aromatic heterocycles. The first-order valence-electron chi connectivity index (χ1n) is 8.78. The Morgan fingerprint density at radius 3 is 2.74 bits per heavy atom. The Hall–Kier alpha value is -3.41. The van der Waals surface area contributed by atoms with Gasteiger partial charge in [-0.15, -0.1) is 0 Å². The zero-order chi connectivity index (χ0) is 18.8. The molecule has 6 heteroatoms. The van der Waals surface area contributed by atoms with Crippen molar-refractivity contribution in [3.05, 3.63) is 83.0 Å². The van der Waals surface area contributed by atoms with Crippen LogP contribution in [0.5, 0.6) is 0 Å². The number of hydrogen-bond acceptors (Lipinski definition) is 4. The number of ether oxygens (including phenoxy) is 1. The van der Waals surface area contributed by atoms with E-state index in [9.17, 15) is 9.59 Å². The fourth-order valence-electron chi connectivity index (χ4n) is 3.21. The third-order valence-electron chi connectivity index (χ3n) is 4.51. The number of rotatable bonds is 4. The van der Waals surface area contributed by atoms with Gasteiger partial charge >= 0.3 is 5.97 Å². The van der Waals surface area contributed by atoms with Gasteiger partial charge in [-0.2, -0.15) is 5.10 Å². The van der Waals surface area contributed by atoms with Gasteiger partial charge in [0, 0.05) is 12.5 Å². The molecule has 0 spiro atoms. The average Bonchev–Trinajstić information content (AvgIpc) is 3.01. The molecule has 136 valence electrons. The number of benzene rings is 2. The fraction of sp³-hybridized carbons (Fsp3) is 0.190. The first kappa shape index (κ1) is 17.0. The van der Waals surface area contributed by atoms with Crippen LogP contribution in [0.3, 0.4) is 0 Å². The number of nitrogens with one attached hydrogen (secondary N) is 1. The highest BCUT2D eigenvalue weighted by Gasteiger charge is 2.31. The zero-order valence-electron chi connectivity index (χ0n) is 14.9. The topological polar surface area (TPSA) is 73.2 Å². The van der Waals surface area contributed by atoms with E-state index in [0.29, 0.717) is 24.3 Å². The predicted molar refractivity (Wildman–Crippen MR) is 100 cm³/mol. The number of aromatic nitrogens is 2. The summed E-state index contributed by atoms with van der Waals surface area (Å²) in [6.45, 7) is 2.41. The highest BCUT2D eigenvalue weighted by molar-refractivity contribution is 5.99. The molecule has 0 fully saturated rings. The van der Waals surface area contributed by atoms with Crippen molar-refractivity contribution >= 4 is 17.7 Å². The van der Waals surface area contributed by atoms with Crippen LogP contribution in [0, 0.1) is 6.92 Å². The van der Waals surface area contributed by atoms with Crippen molar-refractivity contribution in [3.63, 3.8) is 0 Å². The molecule has 1 aliphatic rings. The van der Waals surface area contributed by atoms with Crippen LogP contribution >= 0.6 is 0 Å². The summed E-state index contributed by atoms with van der Waals surface area (Å²) in [5.74, 6) is -0.241. The summed E-state index contributed by atoms with van der Waals surface area (Å²) in [5, 5.41) is 7.31. The third kappa shape index (κ3) is 3.60. The van der Waals surface area contributed by atoms with E-state index in [1.165, 1.54) is 0 Å². The summed E-state index contributed by atoms with van der Waals surface area (Å²) >= 11 is 0. The number of anilines is 1. The number of aryl methyl sites for hydroxylation is 1. The Labute approximate surface area is 156 Å². The largest absolute Gasteiger partial charge is 0.448 e. The number of amides is 1. The maximum absolute atomic E-state index is 12.7. The smallest absolute Gasteiger partial charge is 0.339 e.